The zero-order valence-corrected chi connectivity index (χ0v) is 11.8. The van der Waals surface area contributed by atoms with Gasteiger partial charge in [-0.1, -0.05) is 24.3 Å². The third-order valence-electron chi connectivity index (χ3n) is 3.40. The van der Waals surface area contributed by atoms with Crippen molar-refractivity contribution in [1.82, 2.24) is 10.2 Å². The van der Waals surface area contributed by atoms with Crippen molar-refractivity contribution < 1.29 is 19.4 Å². The predicted molar refractivity (Wildman–Crippen MR) is 74.8 cm³/mol. The molecule has 2 heterocycles. The summed E-state index contributed by atoms with van der Waals surface area (Å²) < 4.78 is 11.5. The number of carboxylic acids is 1. The monoisotopic (exact) mass is 288 g/mol. The number of aromatic amines is 1. The molecule has 0 radical (unpaired) electrons. The van der Waals surface area contributed by atoms with Gasteiger partial charge in [-0.2, -0.15) is 5.10 Å². The molecule has 0 aliphatic carbocycles. The quantitative estimate of drug-likeness (QED) is 0.906. The molecule has 0 saturated carbocycles. The number of aromatic carboxylic acids is 1. The van der Waals surface area contributed by atoms with Crippen LogP contribution in [0, 0.1) is 0 Å². The Morgan fingerprint density at radius 3 is 2.81 bits per heavy atom. The summed E-state index contributed by atoms with van der Waals surface area (Å²) in [6, 6.07) is 9.15. The van der Waals surface area contributed by atoms with Crippen LogP contribution in [0.25, 0.3) is 11.3 Å². The van der Waals surface area contributed by atoms with Gasteiger partial charge < -0.3 is 14.6 Å². The average Bonchev–Trinajstić information content (AvgIpc) is 3.05. The molecular weight excluding hydrogens is 272 g/mol. The number of benzene rings is 1. The van der Waals surface area contributed by atoms with E-state index in [1.165, 1.54) is 6.07 Å². The number of H-pyrrole nitrogens is 1. The molecule has 0 spiro atoms. The van der Waals surface area contributed by atoms with E-state index in [1.807, 2.05) is 38.1 Å². The normalized spacial score (nSPS) is 20.6. The Morgan fingerprint density at radius 2 is 2.19 bits per heavy atom. The smallest absolute Gasteiger partial charge is 0.353 e. The standard InChI is InChI=1S/C15H16N2O4/c1-15(2)20-8-13(21-15)10-6-4-3-5-9(10)11-7-12(14(18)19)17-16-11/h3-7,13H,8H2,1-2H3,(H,16,17)(H,18,19). The molecule has 1 aliphatic heterocycles. The fourth-order valence-electron chi connectivity index (χ4n) is 2.42. The summed E-state index contributed by atoms with van der Waals surface area (Å²) in [5.41, 5.74) is 2.42. The van der Waals surface area contributed by atoms with Gasteiger partial charge in [0.15, 0.2) is 5.79 Å². The number of hydrogen-bond donors (Lipinski definition) is 2. The van der Waals surface area contributed by atoms with Crippen molar-refractivity contribution in [2.75, 3.05) is 6.61 Å². The minimum atomic E-state index is -1.03. The van der Waals surface area contributed by atoms with Gasteiger partial charge in [0.1, 0.15) is 11.8 Å². The second kappa shape index (κ2) is 4.98. The van der Waals surface area contributed by atoms with Gasteiger partial charge in [-0.05, 0) is 25.5 Å². The summed E-state index contributed by atoms with van der Waals surface area (Å²) in [5, 5.41) is 15.6. The first-order valence-corrected chi connectivity index (χ1v) is 6.66. The van der Waals surface area contributed by atoms with Gasteiger partial charge in [0, 0.05) is 5.56 Å². The van der Waals surface area contributed by atoms with Crippen molar-refractivity contribution in [2.24, 2.45) is 0 Å². The Morgan fingerprint density at radius 1 is 1.43 bits per heavy atom. The summed E-state index contributed by atoms with van der Waals surface area (Å²) in [7, 11) is 0. The first kappa shape index (κ1) is 13.8. The Kier molecular flexibility index (Phi) is 3.27. The summed E-state index contributed by atoms with van der Waals surface area (Å²) in [6.07, 6.45) is -0.193. The van der Waals surface area contributed by atoms with E-state index >= 15 is 0 Å². The lowest BCUT2D eigenvalue weighted by Gasteiger charge is -2.18. The number of carboxylic acid groups (broad SMARTS) is 1. The van der Waals surface area contributed by atoms with Gasteiger partial charge in [0.2, 0.25) is 0 Å². The van der Waals surface area contributed by atoms with E-state index < -0.39 is 11.8 Å². The highest BCUT2D eigenvalue weighted by molar-refractivity contribution is 5.87. The number of carbonyl (C=O) groups is 1. The Hall–Kier alpha value is -2.18. The van der Waals surface area contributed by atoms with Crippen LogP contribution < -0.4 is 0 Å². The number of nitrogens with zero attached hydrogens (tertiary/aromatic N) is 1. The van der Waals surface area contributed by atoms with Crippen molar-refractivity contribution in [3.63, 3.8) is 0 Å². The van der Waals surface area contributed by atoms with Crippen molar-refractivity contribution in [2.45, 2.75) is 25.7 Å². The number of rotatable bonds is 3. The molecule has 21 heavy (non-hydrogen) atoms. The highest BCUT2D eigenvalue weighted by atomic mass is 16.7. The summed E-state index contributed by atoms with van der Waals surface area (Å²) >= 11 is 0. The van der Waals surface area contributed by atoms with Crippen molar-refractivity contribution in [1.29, 1.82) is 0 Å². The third-order valence-corrected chi connectivity index (χ3v) is 3.40. The lowest BCUT2D eigenvalue weighted by Crippen LogP contribution is -2.19. The van der Waals surface area contributed by atoms with E-state index in [2.05, 4.69) is 10.2 Å². The molecule has 6 heteroatoms. The zero-order valence-electron chi connectivity index (χ0n) is 11.8. The molecule has 3 rings (SSSR count). The van der Waals surface area contributed by atoms with Crippen LogP contribution in [-0.4, -0.2) is 33.7 Å². The van der Waals surface area contributed by atoms with E-state index in [0.717, 1.165) is 11.1 Å². The van der Waals surface area contributed by atoms with Crippen LogP contribution in [0.15, 0.2) is 30.3 Å². The van der Waals surface area contributed by atoms with Crippen LogP contribution in [-0.2, 0) is 9.47 Å². The summed E-state index contributed by atoms with van der Waals surface area (Å²) in [6.45, 7) is 4.19. The van der Waals surface area contributed by atoms with Crippen LogP contribution in [0.1, 0.15) is 36.0 Å². The van der Waals surface area contributed by atoms with Crippen LogP contribution in [0.4, 0.5) is 0 Å². The molecule has 1 saturated heterocycles. The third kappa shape index (κ3) is 2.68. The van der Waals surface area contributed by atoms with Crippen LogP contribution in [0.5, 0.6) is 0 Å². The van der Waals surface area contributed by atoms with E-state index in [9.17, 15) is 4.79 Å². The molecular formula is C15H16N2O4. The van der Waals surface area contributed by atoms with E-state index in [1.54, 1.807) is 0 Å². The Bertz CT molecular complexity index is 678. The van der Waals surface area contributed by atoms with Crippen LogP contribution in [0.2, 0.25) is 0 Å². The molecule has 2 aromatic rings. The molecule has 1 aromatic carbocycles. The zero-order chi connectivity index (χ0) is 15.0. The van der Waals surface area contributed by atoms with Gasteiger partial charge >= 0.3 is 5.97 Å². The minimum Gasteiger partial charge on any atom is -0.477 e. The van der Waals surface area contributed by atoms with Gasteiger partial charge in [-0.15, -0.1) is 0 Å². The molecule has 110 valence electrons. The first-order chi connectivity index (χ1) is 9.96. The molecule has 0 amide bonds. The van der Waals surface area contributed by atoms with Gasteiger partial charge in [-0.25, -0.2) is 4.79 Å². The lowest BCUT2D eigenvalue weighted by molar-refractivity contribution is -0.139. The number of nitrogens with one attached hydrogen (secondary N) is 1. The van der Waals surface area contributed by atoms with Crippen molar-refractivity contribution >= 4 is 5.97 Å². The minimum absolute atomic E-state index is 0.0590. The highest BCUT2D eigenvalue weighted by Crippen LogP contribution is 2.37. The summed E-state index contributed by atoms with van der Waals surface area (Å²) in [5.74, 6) is -1.65. The number of ether oxygens (including phenoxy) is 2. The van der Waals surface area contributed by atoms with Gasteiger partial charge in [-0.3, -0.25) is 5.10 Å². The Labute approximate surface area is 121 Å². The SMILES string of the molecule is CC1(C)OCC(c2ccccc2-c2cc(C(=O)O)[nH]n2)O1. The topological polar surface area (TPSA) is 84.4 Å². The fraction of sp³-hybridized carbons (Fsp3) is 0.333. The molecule has 2 N–H and O–H groups in total. The largest absolute Gasteiger partial charge is 0.477 e. The van der Waals surface area contributed by atoms with E-state index in [4.69, 9.17) is 14.6 Å². The molecule has 1 unspecified atom stereocenters. The molecule has 1 atom stereocenters. The average molecular weight is 288 g/mol. The maximum Gasteiger partial charge on any atom is 0.353 e. The molecule has 1 fully saturated rings. The molecule has 1 aliphatic rings. The van der Waals surface area contributed by atoms with Crippen LogP contribution in [0.3, 0.4) is 0 Å². The van der Waals surface area contributed by atoms with Crippen molar-refractivity contribution in [3.05, 3.63) is 41.6 Å². The van der Waals surface area contributed by atoms with Crippen LogP contribution >= 0.6 is 0 Å². The number of hydrogen-bond acceptors (Lipinski definition) is 4. The summed E-state index contributed by atoms with van der Waals surface area (Å²) in [4.78, 5) is 11.0. The second-order valence-corrected chi connectivity index (χ2v) is 5.38. The number of aromatic nitrogens is 2. The maximum atomic E-state index is 11.0. The van der Waals surface area contributed by atoms with Gasteiger partial charge in [0.05, 0.1) is 12.3 Å². The molecule has 0 bridgehead atoms. The molecule has 1 aromatic heterocycles. The lowest BCUT2D eigenvalue weighted by atomic mass is 10.00. The highest BCUT2D eigenvalue weighted by Gasteiger charge is 2.34. The van der Waals surface area contributed by atoms with Crippen molar-refractivity contribution in [3.8, 4) is 11.3 Å². The maximum absolute atomic E-state index is 11.0. The molecule has 6 nitrogen and oxygen atoms in total. The second-order valence-electron chi connectivity index (χ2n) is 5.38. The van der Waals surface area contributed by atoms with Gasteiger partial charge in [0.25, 0.3) is 0 Å². The first-order valence-electron chi connectivity index (χ1n) is 6.66. The van der Waals surface area contributed by atoms with E-state index in [0.29, 0.717) is 12.3 Å². The predicted octanol–water partition coefficient (Wildman–Crippen LogP) is 2.60. The fourth-order valence-corrected chi connectivity index (χ4v) is 2.42. The van der Waals surface area contributed by atoms with E-state index in [-0.39, 0.29) is 11.8 Å². The Balaban J connectivity index is 1.98.